The summed E-state index contributed by atoms with van der Waals surface area (Å²) in [6.45, 7) is 6.48. The Morgan fingerprint density at radius 2 is 2.11 bits per heavy atom. The lowest BCUT2D eigenvalue weighted by molar-refractivity contribution is 0.418. The van der Waals surface area contributed by atoms with Gasteiger partial charge in [-0.05, 0) is 22.4 Å². The van der Waals surface area contributed by atoms with Crippen molar-refractivity contribution in [3.05, 3.63) is 47.9 Å². The molecule has 4 heteroatoms. The van der Waals surface area contributed by atoms with Crippen molar-refractivity contribution in [2.24, 2.45) is 0 Å². The standard InChI is InChI=1S/C15H19NO2S/c1-15(2,3)13-7-5-6-12(8-13)11-19(4,17)14-9-16-18-10-14/h5-10H,4,11H2,1-3H3. The van der Waals surface area contributed by atoms with E-state index in [1.165, 1.54) is 18.0 Å². The van der Waals surface area contributed by atoms with Gasteiger partial charge in [-0.1, -0.05) is 50.2 Å². The molecule has 0 bridgehead atoms. The van der Waals surface area contributed by atoms with E-state index >= 15 is 0 Å². The van der Waals surface area contributed by atoms with Crippen LogP contribution in [0.3, 0.4) is 0 Å². The Hall–Kier alpha value is -1.55. The average Bonchev–Trinajstić information content (AvgIpc) is 2.81. The molecule has 0 aliphatic carbocycles. The monoisotopic (exact) mass is 277 g/mol. The zero-order chi connectivity index (χ0) is 14.1. The first-order valence-corrected chi connectivity index (χ1v) is 8.02. The summed E-state index contributed by atoms with van der Waals surface area (Å²) in [6, 6.07) is 8.17. The van der Waals surface area contributed by atoms with Crippen LogP contribution in [0.25, 0.3) is 0 Å². The SMILES string of the molecule is C=S(=O)(Cc1cccc(C(C)(C)C)c1)c1cnoc1. The Bertz CT molecular complexity index is 650. The van der Waals surface area contributed by atoms with Crippen molar-refractivity contribution in [1.29, 1.82) is 0 Å². The van der Waals surface area contributed by atoms with E-state index in [1.54, 1.807) is 0 Å². The molecule has 0 N–H and O–H groups in total. The minimum absolute atomic E-state index is 0.0786. The van der Waals surface area contributed by atoms with Crippen molar-refractivity contribution in [2.75, 3.05) is 0 Å². The molecule has 1 atom stereocenters. The Morgan fingerprint density at radius 1 is 1.37 bits per heavy atom. The van der Waals surface area contributed by atoms with Crippen LogP contribution < -0.4 is 0 Å². The minimum Gasteiger partial charge on any atom is -0.363 e. The van der Waals surface area contributed by atoms with Gasteiger partial charge in [-0.2, -0.15) is 0 Å². The molecule has 2 aromatic rings. The quantitative estimate of drug-likeness (QED) is 0.809. The number of nitrogens with zero attached hydrogens (tertiary/aromatic N) is 1. The molecule has 1 heterocycles. The Kier molecular flexibility index (Phi) is 3.54. The predicted octanol–water partition coefficient (Wildman–Crippen LogP) is 3.25. The van der Waals surface area contributed by atoms with Gasteiger partial charge in [0, 0.05) is 15.3 Å². The lowest BCUT2D eigenvalue weighted by atomic mass is 9.86. The molecular weight excluding hydrogens is 258 g/mol. The van der Waals surface area contributed by atoms with E-state index in [0.717, 1.165) is 5.56 Å². The average molecular weight is 277 g/mol. The summed E-state index contributed by atoms with van der Waals surface area (Å²) >= 11 is 0. The summed E-state index contributed by atoms with van der Waals surface area (Å²) in [5.41, 5.74) is 2.33. The van der Waals surface area contributed by atoms with Crippen LogP contribution in [0.15, 0.2) is 46.1 Å². The summed E-state index contributed by atoms with van der Waals surface area (Å²) < 4.78 is 17.3. The summed E-state index contributed by atoms with van der Waals surface area (Å²) in [6.07, 6.45) is 2.88. The fourth-order valence-corrected chi connectivity index (χ4v) is 3.20. The Labute approximate surface area is 114 Å². The number of aromatic nitrogens is 1. The lowest BCUT2D eigenvalue weighted by Crippen LogP contribution is -2.12. The zero-order valence-corrected chi connectivity index (χ0v) is 12.4. The lowest BCUT2D eigenvalue weighted by Gasteiger charge is -2.20. The highest BCUT2D eigenvalue weighted by atomic mass is 32.2. The van der Waals surface area contributed by atoms with Gasteiger partial charge in [0.05, 0.1) is 11.1 Å². The van der Waals surface area contributed by atoms with Crippen LogP contribution in [0, 0.1) is 0 Å². The maximum absolute atomic E-state index is 12.6. The summed E-state index contributed by atoms with van der Waals surface area (Å²) in [5.74, 6) is 4.23. The largest absolute Gasteiger partial charge is 0.363 e. The smallest absolute Gasteiger partial charge is 0.139 e. The molecule has 0 aliphatic heterocycles. The van der Waals surface area contributed by atoms with Crippen molar-refractivity contribution in [1.82, 2.24) is 5.16 Å². The molecule has 3 nitrogen and oxygen atoms in total. The van der Waals surface area contributed by atoms with E-state index in [4.69, 9.17) is 4.52 Å². The van der Waals surface area contributed by atoms with Gasteiger partial charge in [0.1, 0.15) is 6.26 Å². The molecule has 0 spiro atoms. The zero-order valence-electron chi connectivity index (χ0n) is 11.6. The Morgan fingerprint density at radius 3 is 2.68 bits per heavy atom. The van der Waals surface area contributed by atoms with Gasteiger partial charge in [-0.15, -0.1) is 0 Å². The molecular formula is C15H19NO2S. The van der Waals surface area contributed by atoms with Crippen molar-refractivity contribution in [2.45, 2.75) is 36.8 Å². The first kappa shape index (κ1) is 13.9. The van der Waals surface area contributed by atoms with Crippen LogP contribution in [-0.2, 0) is 20.7 Å². The van der Waals surface area contributed by atoms with Gasteiger partial charge in [0.25, 0.3) is 0 Å². The number of hydrogen-bond donors (Lipinski definition) is 0. The van der Waals surface area contributed by atoms with Crippen molar-refractivity contribution >= 4 is 15.4 Å². The third-order valence-electron chi connectivity index (χ3n) is 3.03. The van der Waals surface area contributed by atoms with Gasteiger partial charge in [-0.25, -0.2) is 0 Å². The Balaban J connectivity index is 2.30. The molecule has 1 aromatic heterocycles. The third kappa shape index (κ3) is 3.26. The van der Waals surface area contributed by atoms with Gasteiger partial charge in [0.15, 0.2) is 0 Å². The fraction of sp³-hybridized carbons (Fsp3) is 0.333. The second-order valence-corrected chi connectivity index (χ2v) is 8.15. The molecule has 0 amide bonds. The van der Waals surface area contributed by atoms with Crippen LogP contribution in [0.5, 0.6) is 0 Å². The first-order valence-electron chi connectivity index (χ1n) is 6.13. The van der Waals surface area contributed by atoms with Gasteiger partial charge in [0.2, 0.25) is 0 Å². The van der Waals surface area contributed by atoms with Crippen LogP contribution in [-0.4, -0.2) is 15.2 Å². The molecule has 0 fully saturated rings. The molecule has 0 radical (unpaired) electrons. The maximum Gasteiger partial charge on any atom is 0.139 e. The molecule has 0 aliphatic rings. The van der Waals surface area contributed by atoms with Crippen LogP contribution in [0.4, 0.5) is 0 Å². The molecule has 0 saturated heterocycles. The van der Waals surface area contributed by atoms with Gasteiger partial charge in [-0.3, -0.25) is 4.21 Å². The van der Waals surface area contributed by atoms with Crippen LogP contribution in [0.2, 0.25) is 0 Å². The molecule has 19 heavy (non-hydrogen) atoms. The van der Waals surface area contributed by atoms with Crippen molar-refractivity contribution in [3.63, 3.8) is 0 Å². The van der Waals surface area contributed by atoms with Crippen molar-refractivity contribution < 1.29 is 8.73 Å². The van der Waals surface area contributed by atoms with E-state index in [9.17, 15) is 4.21 Å². The number of benzene rings is 1. The molecule has 102 valence electrons. The molecule has 1 aromatic carbocycles. The normalized spacial score (nSPS) is 15.1. The van der Waals surface area contributed by atoms with E-state index in [-0.39, 0.29) is 5.41 Å². The van der Waals surface area contributed by atoms with E-state index in [0.29, 0.717) is 10.6 Å². The number of rotatable bonds is 3. The molecule has 0 saturated carbocycles. The van der Waals surface area contributed by atoms with E-state index < -0.39 is 9.52 Å². The minimum atomic E-state index is -2.39. The fourth-order valence-electron chi connectivity index (χ4n) is 1.86. The third-order valence-corrected chi connectivity index (χ3v) is 4.89. The summed E-state index contributed by atoms with van der Waals surface area (Å²) in [4.78, 5) is 0.564. The van der Waals surface area contributed by atoms with Crippen LogP contribution in [0.1, 0.15) is 31.9 Å². The van der Waals surface area contributed by atoms with E-state index in [1.807, 2.05) is 12.1 Å². The van der Waals surface area contributed by atoms with Gasteiger partial charge >= 0.3 is 0 Å². The first-order chi connectivity index (χ1) is 8.79. The molecule has 1 unspecified atom stereocenters. The summed E-state index contributed by atoms with van der Waals surface area (Å²) in [7, 11) is -2.39. The highest BCUT2D eigenvalue weighted by Crippen LogP contribution is 2.24. The number of hydrogen-bond acceptors (Lipinski definition) is 3. The summed E-state index contributed by atoms with van der Waals surface area (Å²) in [5, 5.41) is 3.59. The second kappa shape index (κ2) is 4.85. The topological polar surface area (TPSA) is 43.1 Å². The van der Waals surface area contributed by atoms with E-state index in [2.05, 4.69) is 43.9 Å². The highest BCUT2D eigenvalue weighted by molar-refractivity contribution is 7.99. The van der Waals surface area contributed by atoms with Crippen molar-refractivity contribution in [3.8, 4) is 0 Å². The van der Waals surface area contributed by atoms with Crippen LogP contribution >= 0.6 is 0 Å². The second-order valence-electron chi connectivity index (χ2n) is 5.77. The maximum atomic E-state index is 12.6. The molecule has 2 rings (SSSR count). The predicted molar refractivity (Wildman–Crippen MR) is 78.9 cm³/mol. The highest BCUT2D eigenvalue weighted by Gasteiger charge is 2.16. The van der Waals surface area contributed by atoms with Gasteiger partial charge < -0.3 is 4.52 Å².